The summed E-state index contributed by atoms with van der Waals surface area (Å²) in [7, 11) is 0. The van der Waals surface area contributed by atoms with Crippen LogP contribution in [0.15, 0.2) is 24.3 Å². The number of nitrogen functional groups attached to an aromatic ring is 1. The van der Waals surface area contributed by atoms with E-state index in [0.717, 1.165) is 5.56 Å². The van der Waals surface area contributed by atoms with Gasteiger partial charge in [0.1, 0.15) is 0 Å². The fourth-order valence-corrected chi connectivity index (χ4v) is 2.53. The molecule has 0 bridgehead atoms. The van der Waals surface area contributed by atoms with E-state index >= 15 is 0 Å². The molecule has 1 fully saturated rings. The number of carboxylic acid groups (broad SMARTS) is 1. The molecule has 1 saturated heterocycles. The molecule has 0 atom stereocenters. The number of benzene rings is 1. The maximum Gasteiger partial charge on any atom is 0.306 e. The van der Waals surface area contributed by atoms with Crippen molar-refractivity contribution < 1.29 is 14.7 Å². The Kier molecular flexibility index (Phi) is 4.61. The van der Waals surface area contributed by atoms with Crippen LogP contribution in [0.5, 0.6) is 0 Å². The standard InChI is InChI=1S/C15H20N2O3/c16-13-3-1-2-11(10-13)4-5-14(18)17-8-6-12(7-9-17)15(19)20/h1-3,10,12H,4-9,16H2,(H,19,20). The number of aryl methyl sites for hydroxylation is 1. The minimum absolute atomic E-state index is 0.0938. The lowest BCUT2D eigenvalue weighted by molar-refractivity contribution is -0.145. The van der Waals surface area contributed by atoms with Gasteiger partial charge in [-0.2, -0.15) is 0 Å². The van der Waals surface area contributed by atoms with E-state index in [0.29, 0.717) is 44.5 Å². The molecule has 1 aliphatic heterocycles. The zero-order chi connectivity index (χ0) is 14.5. The summed E-state index contributed by atoms with van der Waals surface area (Å²) in [5.74, 6) is -0.957. The Bertz CT molecular complexity index is 494. The van der Waals surface area contributed by atoms with Gasteiger partial charge < -0.3 is 15.7 Å². The predicted octanol–water partition coefficient (Wildman–Crippen LogP) is 1.52. The summed E-state index contributed by atoms with van der Waals surface area (Å²) in [6, 6.07) is 7.54. The highest BCUT2D eigenvalue weighted by atomic mass is 16.4. The molecule has 0 aliphatic carbocycles. The van der Waals surface area contributed by atoms with Crippen molar-refractivity contribution in [2.45, 2.75) is 25.7 Å². The number of nitrogens with zero attached hydrogens (tertiary/aromatic N) is 1. The molecule has 108 valence electrons. The van der Waals surface area contributed by atoms with Crippen LogP contribution in [-0.2, 0) is 16.0 Å². The fraction of sp³-hybridized carbons (Fsp3) is 0.467. The lowest BCUT2D eigenvalue weighted by Gasteiger charge is -2.30. The van der Waals surface area contributed by atoms with E-state index < -0.39 is 5.97 Å². The summed E-state index contributed by atoms with van der Waals surface area (Å²) < 4.78 is 0. The maximum absolute atomic E-state index is 12.1. The Morgan fingerprint density at radius 1 is 1.30 bits per heavy atom. The first-order chi connectivity index (χ1) is 9.56. The average molecular weight is 276 g/mol. The van der Waals surface area contributed by atoms with E-state index in [-0.39, 0.29) is 11.8 Å². The van der Waals surface area contributed by atoms with Crippen LogP contribution in [0.25, 0.3) is 0 Å². The van der Waals surface area contributed by atoms with Crippen molar-refractivity contribution in [1.82, 2.24) is 4.90 Å². The van der Waals surface area contributed by atoms with Crippen LogP contribution in [0.2, 0.25) is 0 Å². The van der Waals surface area contributed by atoms with Crippen LogP contribution < -0.4 is 5.73 Å². The number of aliphatic carboxylic acids is 1. The number of nitrogens with two attached hydrogens (primary N) is 1. The van der Waals surface area contributed by atoms with Crippen LogP contribution in [0.4, 0.5) is 5.69 Å². The molecule has 1 heterocycles. The number of amides is 1. The fourth-order valence-electron chi connectivity index (χ4n) is 2.53. The summed E-state index contributed by atoms with van der Waals surface area (Å²) in [6.45, 7) is 1.10. The van der Waals surface area contributed by atoms with E-state index in [1.54, 1.807) is 4.90 Å². The predicted molar refractivity (Wildman–Crippen MR) is 76.1 cm³/mol. The first kappa shape index (κ1) is 14.4. The van der Waals surface area contributed by atoms with Crippen molar-refractivity contribution in [2.75, 3.05) is 18.8 Å². The smallest absolute Gasteiger partial charge is 0.306 e. The monoisotopic (exact) mass is 276 g/mol. The van der Waals surface area contributed by atoms with E-state index in [4.69, 9.17) is 10.8 Å². The minimum Gasteiger partial charge on any atom is -0.481 e. The normalized spacial score (nSPS) is 16.1. The van der Waals surface area contributed by atoms with Crippen molar-refractivity contribution >= 4 is 17.6 Å². The highest BCUT2D eigenvalue weighted by molar-refractivity contribution is 5.77. The summed E-state index contributed by atoms with van der Waals surface area (Å²) in [5.41, 5.74) is 7.46. The molecule has 1 amide bonds. The first-order valence-corrected chi connectivity index (χ1v) is 6.91. The summed E-state index contributed by atoms with van der Waals surface area (Å²) >= 11 is 0. The number of rotatable bonds is 4. The highest BCUT2D eigenvalue weighted by Crippen LogP contribution is 2.18. The van der Waals surface area contributed by atoms with Gasteiger partial charge in [-0.3, -0.25) is 9.59 Å². The van der Waals surface area contributed by atoms with Gasteiger partial charge in [0, 0.05) is 25.2 Å². The molecule has 0 saturated carbocycles. The number of likely N-dealkylation sites (tertiary alicyclic amines) is 1. The number of piperidine rings is 1. The molecular weight excluding hydrogens is 256 g/mol. The van der Waals surface area contributed by atoms with E-state index in [9.17, 15) is 9.59 Å². The number of hydrogen-bond acceptors (Lipinski definition) is 3. The lowest BCUT2D eigenvalue weighted by Crippen LogP contribution is -2.40. The second-order valence-electron chi connectivity index (χ2n) is 5.24. The molecule has 2 rings (SSSR count). The Morgan fingerprint density at radius 3 is 2.60 bits per heavy atom. The van der Waals surface area contributed by atoms with Crippen molar-refractivity contribution in [3.8, 4) is 0 Å². The summed E-state index contributed by atoms with van der Waals surface area (Å²) in [4.78, 5) is 24.7. The number of anilines is 1. The van der Waals surface area contributed by atoms with E-state index in [1.807, 2.05) is 24.3 Å². The molecule has 0 spiro atoms. The SMILES string of the molecule is Nc1cccc(CCC(=O)N2CCC(C(=O)O)CC2)c1. The molecule has 1 aromatic rings. The molecule has 3 N–H and O–H groups in total. The quantitative estimate of drug-likeness (QED) is 0.817. The summed E-state index contributed by atoms with van der Waals surface area (Å²) in [6.07, 6.45) is 2.22. The maximum atomic E-state index is 12.1. The van der Waals surface area contributed by atoms with E-state index in [1.165, 1.54) is 0 Å². The lowest BCUT2D eigenvalue weighted by atomic mass is 9.96. The molecule has 0 radical (unpaired) electrons. The largest absolute Gasteiger partial charge is 0.481 e. The molecule has 20 heavy (non-hydrogen) atoms. The molecule has 1 aliphatic rings. The highest BCUT2D eigenvalue weighted by Gasteiger charge is 2.26. The number of carbonyl (C=O) groups is 2. The van der Waals surface area contributed by atoms with Crippen molar-refractivity contribution in [1.29, 1.82) is 0 Å². The third-order valence-corrected chi connectivity index (χ3v) is 3.78. The topological polar surface area (TPSA) is 83.6 Å². The molecule has 0 aromatic heterocycles. The van der Waals surface area contributed by atoms with Crippen LogP contribution >= 0.6 is 0 Å². The number of carbonyl (C=O) groups excluding carboxylic acids is 1. The van der Waals surface area contributed by atoms with Gasteiger partial charge in [0.05, 0.1) is 5.92 Å². The van der Waals surface area contributed by atoms with Gasteiger partial charge >= 0.3 is 5.97 Å². The van der Waals surface area contributed by atoms with Gasteiger partial charge in [0.25, 0.3) is 0 Å². The van der Waals surface area contributed by atoms with Crippen LogP contribution in [0.3, 0.4) is 0 Å². The van der Waals surface area contributed by atoms with Crippen LogP contribution in [0.1, 0.15) is 24.8 Å². The van der Waals surface area contributed by atoms with Gasteiger partial charge in [0.15, 0.2) is 0 Å². The number of carboxylic acids is 1. The Morgan fingerprint density at radius 2 is 2.00 bits per heavy atom. The van der Waals surface area contributed by atoms with Gasteiger partial charge in [0.2, 0.25) is 5.91 Å². The van der Waals surface area contributed by atoms with Gasteiger partial charge in [-0.05, 0) is 37.0 Å². The molecule has 5 heteroatoms. The zero-order valence-electron chi connectivity index (χ0n) is 11.4. The van der Waals surface area contributed by atoms with Crippen molar-refractivity contribution in [3.63, 3.8) is 0 Å². The van der Waals surface area contributed by atoms with Crippen molar-refractivity contribution in [3.05, 3.63) is 29.8 Å². The first-order valence-electron chi connectivity index (χ1n) is 6.91. The Hall–Kier alpha value is -2.04. The third kappa shape index (κ3) is 3.73. The summed E-state index contributed by atoms with van der Waals surface area (Å²) in [5, 5.41) is 8.93. The van der Waals surface area contributed by atoms with Crippen LogP contribution in [-0.4, -0.2) is 35.0 Å². The zero-order valence-corrected chi connectivity index (χ0v) is 11.4. The minimum atomic E-state index is -0.753. The van der Waals surface area contributed by atoms with Crippen LogP contribution in [0, 0.1) is 5.92 Å². The molecule has 0 unspecified atom stereocenters. The Labute approximate surface area is 118 Å². The van der Waals surface area contributed by atoms with Gasteiger partial charge in [-0.15, -0.1) is 0 Å². The van der Waals surface area contributed by atoms with Gasteiger partial charge in [-0.1, -0.05) is 12.1 Å². The second kappa shape index (κ2) is 6.41. The van der Waals surface area contributed by atoms with Gasteiger partial charge in [-0.25, -0.2) is 0 Å². The molecular formula is C15H20N2O3. The Balaban J connectivity index is 1.80. The average Bonchev–Trinajstić information content (AvgIpc) is 2.45. The van der Waals surface area contributed by atoms with Crippen molar-refractivity contribution in [2.24, 2.45) is 5.92 Å². The molecule has 5 nitrogen and oxygen atoms in total. The molecule has 1 aromatic carbocycles. The van der Waals surface area contributed by atoms with E-state index in [2.05, 4.69) is 0 Å². The second-order valence-corrected chi connectivity index (χ2v) is 5.24. The number of hydrogen-bond donors (Lipinski definition) is 2. The third-order valence-electron chi connectivity index (χ3n) is 3.78.